The molecule has 1 aliphatic heterocycles. The molecule has 0 amide bonds. The molecule has 0 bridgehead atoms. The van der Waals surface area contributed by atoms with Crippen LogP contribution in [-0.4, -0.2) is 37.4 Å². The van der Waals surface area contributed by atoms with Gasteiger partial charge in [0, 0.05) is 64.3 Å². The van der Waals surface area contributed by atoms with E-state index < -0.39 is 0 Å². The minimum absolute atomic E-state index is 0.350. The highest BCUT2D eigenvalue weighted by atomic mass is 127. The molecule has 14 aromatic carbocycles. The van der Waals surface area contributed by atoms with Gasteiger partial charge in [0.25, 0.3) is 0 Å². The fraction of sp³-hybridized carbons (Fsp3) is 0.0682. The third-order valence-corrected chi connectivity index (χ3v) is 20.5. The zero-order valence-corrected chi connectivity index (χ0v) is 56.6. The van der Waals surface area contributed by atoms with Crippen molar-refractivity contribution in [3.8, 4) is 67.5 Å². The minimum Gasteiger partial charge on any atom is -0.455 e. The number of fused-ring (bicyclic) bond motifs is 12. The number of para-hydroxylation sites is 8. The fourth-order valence-corrected chi connectivity index (χ4v) is 15.0. The quantitative estimate of drug-likeness (QED) is 0.111. The predicted molar refractivity (Wildman–Crippen MR) is 414 cm³/mol. The standard InChI is InChI=1S/C41H26N2O.C25H25BN2O2.C22H13IO/c1-3-13-27(14-4-1)38-37(31-17-7-8-18-32(31)39-33-19-9-12-22-36(33)44-40(38)39)28-23-25-29(26-24-28)41-42-34-20-10-11-21-35(34)43(41)30-15-5-2-6-16-30;1-24(2)25(3,4)30-26(29-24)19-16-14-18(15-17-19)23-27-21-12-8-9-13-22(21)28(23)20-10-6-5-7-11-20;23-21-16-11-5-4-10-15(16)20-17-12-6-7-13-18(17)24-22(20)19(21)14-8-2-1-3-9-14/h1-26H;5-17H,1-4H3;1-13H. The minimum atomic E-state index is -0.364. The van der Waals surface area contributed by atoms with Crippen molar-refractivity contribution in [2.45, 2.75) is 38.9 Å². The van der Waals surface area contributed by atoms with Crippen LogP contribution in [0.15, 0.2) is 324 Å². The summed E-state index contributed by atoms with van der Waals surface area (Å²) in [6, 6.07) is 110. The van der Waals surface area contributed by atoms with Crippen molar-refractivity contribution in [1.82, 2.24) is 19.1 Å². The lowest BCUT2D eigenvalue weighted by molar-refractivity contribution is 0.00578. The summed E-state index contributed by atoms with van der Waals surface area (Å²) in [6.45, 7) is 8.29. The molecule has 18 aromatic rings. The number of rotatable bonds is 8. The van der Waals surface area contributed by atoms with E-state index in [2.05, 4.69) is 326 Å². The average molecular weight is 1380 g/mol. The van der Waals surface area contributed by atoms with Crippen molar-refractivity contribution in [2.24, 2.45) is 0 Å². The second kappa shape index (κ2) is 24.8. The first-order valence-electron chi connectivity index (χ1n) is 33.2. The second-order valence-electron chi connectivity index (χ2n) is 25.8. The van der Waals surface area contributed by atoms with Crippen LogP contribution in [0.2, 0.25) is 0 Å². The van der Waals surface area contributed by atoms with Gasteiger partial charge < -0.3 is 18.1 Å². The Morgan fingerprint density at radius 3 is 1.15 bits per heavy atom. The second-order valence-corrected chi connectivity index (χ2v) is 26.9. The van der Waals surface area contributed by atoms with Gasteiger partial charge in [-0.1, -0.05) is 255 Å². The van der Waals surface area contributed by atoms with E-state index in [9.17, 15) is 0 Å². The van der Waals surface area contributed by atoms with Crippen LogP contribution in [0.4, 0.5) is 0 Å². The van der Waals surface area contributed by atoms with Crippen molar-refractivity contribution in [1.29, 1.82) is 0 Å². The van der Waals surface area contributed by atoms with Crippen molar-refractivity contribution in [3.05, 3.63) is 319 Å². The molecule has 98 heavy (non-hydrogen) atoms. The largest absolute Gasteiger partial charge is 0.494 e. The predicted octanol–water partition coefficient (Wildman–Crippen LogP) is 23.1. The van der Waals surface area contributed by atoms with E-state index in [4.69, 9.17) is 28.1 Å². The molecule has 0 N–H and O–H groups in total. The Labute approximate surface area is 581 Å². The molecule has 1 fully saturated rings. The highest BCUT2D eigenvalue weighted by Gasteiger charge is 2.51. The zero-order valence-electron chi connectivity index (χ0n) is 54.4. The van der Waals surface area contributed by atoms with Crippen LogP contribution in [0, 0.1) is 3.57 Å². The Hall–Kier alpha value is -11.1. The van der Waals surface area contributed by atoms with Crippen molar-refractivity contribution >= 4 is 123 Å². The Morgan fingerprint density at radius 2 is 0.663 bits per heavy atom. The first-order chi connectivity index (χ1) is 48.0. The van der Waals surface area contributed by atoms with Gasteiger partial charge in [-0.05, 0) is 155 Å². The molecule has 10 heteroatoms. The highest BCUT2D eigenvalue weighted by molar-refractivity contribution is 14.1. The lowest BCUT2D eigenvalue weighted by Gasteiger charge is -2.32. The molecule has 1 aliphatic rings. The van der Waals surface area contributed by atoms with Gasteiger partial charge in [0.2, 0.25) is 0 Å². The van der Waals surface area contributed by atoms with Crippen LogP contribution in [0.3, 0.4) is 0 Å². The molecule has 0 atom stereocenters. The number of furan rings is 2. The molecule has 4 aromatic heterocycles. The van der Waals surface area contributed by atoms with Crippen LogP contribution >= 0.6 is 22.6 Å². The van der Waals surface area contributed by atoms with E-state index >= 15 is 0 Å². The summed E-state index contributed by atoms with van der Waals surface area (Å²) in [5, 5.41) is 9.60. The summed E-state index contributed by atoms with van der Waals surface area (Å²) >= 11 is 2.45. The molecule has 470 valence electrons. The van der Waals surface area contributed by atoms with Gasteiger partial charge in [-0.25, -0.2) is 9.97 Å². The summed E-state index contributed by atoms with van der Waals surface area (Å²) in [5.74, 6) is 1.84. The molecular weight excluding hydrogens is 1310 g/mol. The van der Waals surface area contributed by atoms with E-state index in [-0.39, 0.29) is 18.3 Å². The molecule has 19 rings (SSSR count). The molecule has 0 unspecified atom stereocenters. The van der Waals surface area contributed by atoms with Gasteiger partial charge in [-0.15, -0.1) is 0 Å². The Bertz CT molecular complexity index is 5990. The van der Waals surface area contributed by atoms with E-state index in [0.29, 0.717) is 0 Å². The van der Waals surface area contributed by atoms with Crippen LogP contribution in [0.25, 0.3) is 155 Å². The number of hydrogen-bond acceptors (Lipinski definition) is 6. The normalized spacial score (nSPS) is 13.4. The molecule has 5 heterocycles. The van der Waals surface area contributed by atoms with Crippen molar-refractivity contribution < 1.29 is 18.1 Å². The van der Waals surface area contributed by atoms with Gasteiger partial charge in [0.15, 0.2) is 0 Å². The van der Waals surface area contributed by atoms with Crippen LogP contribution in [-0.2, 0) is 9.31 Å². The molecule has 0 spiro atoms. The van der Waals surface area contributed by atoms with Gasteiger partial charge in [-0.2, -0.15) is 0 Å². The third-order valence-electron chi connectivity index (χ3n) is 19.4. The molecule has 0 radical (unpaired) electrons. The molecule has 0 aliphatic carbocycles. The fourth-order valence-electron chi connectivity index (χ4n) is 14.0. The number of imidazole rings is 2. The average Bonchev–Trinajstić information content (AvgIpc) is 1.47. The monoisotopic (exact) mass is 1380 g/mol. The number of halogens is 1. The van der Waals surface area contributed by atoms with Crippen LogP contribution in [0.5, 0.6) is 0 Å². The summed E-state index contributed by atoms with van der Waals surface area (Å²) in [4.78, 5) is 10.0. The lowest BCUT2D eigenvalue weighted by Crippen LogP contribution is -2.41. The Kier molecular flexibility index (Phi) is 15.3. The first-order valence-corrected chi connectivity index (χ1v) is 34.2. The highest BCUT2D eigenvalue weighted by Crippen LogP contribution is 2.49. The SMILES string of the molecule is CC1(C)OB(c2ccc(-c3nc4ccccc4n3-c3ccccc3)cc2)OC1(C)C.Ic1c(-c2ccccc2)c2oc3ccccc3c2c2ccccc12.c1ccc(-c2c(-c3ccc(-c4nc5ccccc5n4-c4ccccc4)cc3)c3ccccc3c3c2oc2ccccc23)cc1. The Balaban J connectivity index is 0.000000117. The number of nitrogens with zero attached hydrogens (tertiary/aromatic N) is 4. The van der Waals surface area contributed by atoms with Crippen LogP contribution < -0.4 is 5.46 Å². The van der Waals surface area contributed by atoms with E-state index in [0.717, 1.165) is 111 Å². The summed E-state index contributed by atoms with van der Waals surface area (Å²) in [7, 11) is -0.364. The lowest BCUT2D eigenvalue weighted by atomic mass is 9.79. The summed E-state index contributed by atoms with van der Waals surface area (Å²) in [6.07, 6.45) is 0. The maximum atomic E-state index is 6.69. The van der Waals surface area contributed by atoms with Crippen molar-refractivity contribution in [2.75, 3.05) is 0 Å². The van der Waals surface area contributed by atoms with E-state index in [1.807, 2.05) is 48.5 Å². The summed E-state index contributed by atoms with van der Waals surface area (Å²) < 4.78 is 31.1. The van der Waals surface area contributed by atoms with Gasteiger partial charge >= 0.3 is 7.12 Å². The number of benzene rings is 14. The molecule has 8 nitrogen and oxygen atoms in total. The maximum Gasteiger partial charge on any atom is 0.494 e. The smallest absolute Gasteiger partial charge is 0.455 e. The van der Waals surface area contributed by atoms with E-state index in [1.54, 1.807) is 0 Å². The summed E-state index contributed by atoms with van der Waals surface area (Å²) in [5.41, 5.74) is 19.4. The van der Waals surface area contributed by atoms with E-state index in [1.165, 1.54) is 52.6 Å². The van der Waals surface area contributed by atoms with Crippen molar-refractivity contribution in [3.63, 3.8) is 0 Å². The van der Waals surface area contributed by atoms with Crippen LogP contribution in [0.1, 0.15) is 27.7 Å². The van der Waals surface area contributed by atoms with Gasteiger partial charge in [0.1, 0.15) is 34.0 Å². The Morgan fingerprint density at radius 1 is 0.316 bits per heavy atom. The first kappa shape index (κ1) is 60.5. The number of hydrogen-bond donors (Lipinski definition) is 0. The number of aromatic nitrogens is 4. The molecular formula is C88H64BIN4O4. The zero-order chi connectivity index (χ0) is 66.1. The van der Waals surface area contributed by atoms with Gasteiger partial charge in [0.05, 0.1) is 33.3 Å². The molecule has 1 saturated heterocycles. The van der Waals surface area contributed by atoms with Gasteiger partial charge in [-0.3, -0.25) is 9.13 Å². The molecule has 0 saturated carbocycles. The topological polar surface area (TPSA) is 80.4 Å². The third kappa shape index (κ3) is 10.5. The maximum absolute atomic E-state index is 6.69.